The predicted molar refractivity (Wildman–Crippen MR) is 97.1 cm³/mol. The third-order valence-electron chi connectivity index (χ3n) is 3.83. The Balaban J connectivity index is 1.84. The van der Waals surface area contributed by atoms with E-state index >= 15 is 0 Å². The van der Waals surface area contributed by atoms with Crippen LogP contribution in [0.15, 0.2) is 71.4 Å². The Hall–Kier alpha value is -3.27. The zero-order chi connectivity index (χ0) is 17.6. The summed E-state index contributed by atoms with van der Waals surface area (Å²) in [5.41, 5.74) is 2.46. The molecule has 0 unspecified atom stereocenters. The fourth-order valence-electron chi connectivity index (χ4n) is 2.57. The molecule has 1 heterocycles. The van der Waals surface area contributed by atoms with E-state index in [0.717, 1.165) is 11.1 Å². The Labute approximate surface area is 146 Å². The summed E-state index contributed by atoms with van der Waals surface area (Å²) in [6.45, 7) is 0. The molecule has 0 fully saturated rings. The third kappa shape index (κ3) is 3.63. The van der Waals surface area contributed by atoms with Crippen molar-refractivity contribution in [3.63, 3.8) is 0 Å². The van der Waals surface area contributed by atoms with E-state index in [1.807, 2.05) is 30.3 Å². The molecule has 0 aliphatic rings. The minimum Gasteiger partial charge on any atom is -0.493 e. The first-order valence-corrected chi connectivity index (χ1v) is 7.80. The number of furan rings is 1. The zero-order valence-electron chi connectivity index (χ0n) is 14.1. The second kappa shape index (κ2) is 7.53. The highest BCUT2D eigenvalue weighted by atomic mass is 16.5. The van der Waals surface area contributed by atoms with Crippen LogP contribution in [-0.2, 0) is 0 Å². The van der Waals surface area contributed by atoms with Gasteiger partial charge in [0, 0.05) is 11.1 Å². The van der Waals surface area contributed by atoms with Gasteiger partial charge in [-0.05, 0) is 35.9 Å². The van der Waals surface area contributed by atoms with Crippen molar-refractivity contribution in [3.05, 3.63) is 78.3 Å². The van der Waals surface area contributed by atoms with Crippen molar-refractivity contribution in [2.24, 2.45) is 0 Å². The van der Waals surface area contributed by atoms with Gasteiger partial charge < -0.3 is 13.9 Å². The van der Waals surface area contributed by atoms with Gasteiger partial charge >= 0.3 is 0 Å². The highest BCUT2D eigenvalue weighted by Gasteiger charge is 2.11. The smallest absolute Gasteiger partial charge is 0.185 e. The second-order valence-electron chi connectivity index (χ2n) is 5.33. The molecule has 0 aliphatic heterocycles. The lowest BCUT2D eigenvalue weighted by molar-refractivity contribution is 0.104. The minimum atomic E-state index is -0.0828. The highest BCUT2D eigenvalue weighted by Crippen LogP contribution is 2.37. The molecule has 0 atom stereocenters. The summed E-state index contributed by atoms with van der Waals surface area (Å²) < 4.78 is 16.0. The number of carbonyl (C=O) groups excluding carboxylic acids is 1. The molecule has 1 aromatic heterocycles. The van der Waals surface area contributed by atoms with Crippen molar-refractivity contribution < 1.29 is 18.7 Å². The molecule has 3 aromatic rings. The Morgan fingerprint density at radius 3 is 2.40 bits per heavy atom. The first-order chi connectivity index (χ1) is 12.2. The van der Waals surface area contributed by atoms with Crippen LogP contribution >= 0.6 is 0 Å². The topological polar surface area (TPSA) is 48.7 Å². The van der Waals surface area contributed by atoms with Gasteiger partial charge in [-0.2, -0.15) is 0 Å². The molecule has 126 valence electrons. The SMILES string of the molecule is COc1cccc(-c2ccc(C(=O)/C=C/c3ccco3)cc2)c1OC. The number of carbonyl (C=O) groups is 1. The molecule has 0 amide bonds. The van der Waals surface area contributed by atoms with Crippen LogP contribution in [0.2, 0.25) is 0 Å². The fraction of sp³-hybridized carbons (Fsp3) is 0.0952. The summed E-state index contributed by atoms with van der Waals surface area (Å²) in [7, 11) is 3.22. The number of para-hydroxylation sites is 1. The van der Waals surface area contributed by atoms with E-state index in [-0.39, 0.29) is 5.78 Å². The molecule has 0 saturated carbocycles. The number of methoxy groups -OCH3 is 2. The number of benzene rings is 2. The van der Waals surface area contributed by atoms with Gasteiger partial charge in [0.15, 0.2) is 17.3 Å². The van der Waals surface area contributed by atoms with Crippen molar-refractivity contribution >= 4 is 11.9 Å². The van der Waals surface area contributed by atoms with Gasteiger partial charge in [0.25, 0.3) is 0 Å². The number of ketones is 1. The van der Waals surface area contributed by atoms with Crippen LogP contribution in [-0.4, -0.2) is 20.0 Å². The Morgan fingerprint density at radius 2 is 1.76 bits per heavy atom. The van der Waals surface area contributed by atoms with Crippen LogP contribution in [0.1, 0.15) is 16.1 Å². The molecule has 4 heteroatoms. The van der Waals surface area contributed by atoms with E-state index < -0.39 is 0 Å². The number of hydrogen-bond acceptors (Lipinski definition) is 4. The molecule has 0 spiro atoms. The van der Waals surface area contributed by atoms with E-state index in [9.17, 15) is 4.79 Å². The molecule has 0 bridgehead atoms. The normalized spacial score (nSPS) is 10.8. The Morgan fingerprint density at radius 1 is 0.960 bits per heavy atom. The minimum absolute atomic E-state index is 0.0828. The van der Waals surface area contributed by atoms with Crippen LogP contribution in [0.3, 0.4) is 0 Å². The van der Waals surface area contributed by atoms with Crippen LogP contribution in [0.5, 0.6) is 11.5 Å². The van der Waals surface area contributed by atoms with Gasteiger partial charge in [-0.1, -0.05) is 36.4 Å². The number of allylic oxidation sites excluding steroid dienone is 1. The van der Waals surface area contributed by atoms with Gasteiger partial charge in [0.1, 0.15) is 5.76 Å². The van der Waals surface area contributed by atoms with Gasteiger partial charge in [-0.3, -0.25) is 4.79 Å². The molecule has 3 rings (SSSR count). The molecule has 2 aromatic carbocycles. The molecule has 4 nitrogen and oxygen atoms in total. The summed E-state index contributed by atoms with van der Waals surface area (Å²) >= 11 is 0. The molecular formula is C21H18O4. The lowest BCUT2D eigenvalue weighted by Crippen LogP contribution is -1.95. The van der Waals surface area contributed by atoms with E-state index in [4.69, 9.17) is 13.9 Å². The van der Waals surface area contributed by atoms with Gasteiger partial charge in [0.05, 0.1) is 20.5 Å². The maximum Gasteiger partial charge on any atom is 0.185 e. The predicted octanol–water partition coefficient (Wildman–Crippen LogP) is 4.86. The Kier molecular flexibility index (Phi) is 5.00. The third-order valence-corrected chi connectivity index (χ3v) is 3.83. The average Bonchev–Trinajstić information content (AvgIpc) is 3.19. The summed E-state index contributed by atoms with van der Waals surface area (Å²) in [4.78, 5) is 12.2. The maximum absolute atomic E-state index is 12.2. The van der Waals surface area contributed by atoms with Gasteiger partial charge in [-0.15, -0.1) is 0 Å². The molecular weight excluding hydrogens is 316 g/mol. The first-order valence-electron chi connectivity index (χ1n) is 7.80. The summed E-state index contributed by atoms with van der Waals surface area (Å²) in [5, 5.41) is 0. The molecule has 0 saturated heterocycles. The Bertz CT molecular complexity index is 875. The van der Waals surface area contributed by atoms with Crippen molar-refractivity contribution in [1.29, 1.82) is 0 Å². The van der Waals surface area contributed by atoms with Crippen molar-refractivity contribution in [3.8, 4) is 22.6 Å². The zero-order valence-corrected chi connectivity index (χ0v) is 14.1. The van der Waals surface area contributed by atoms with E-state index in [0.29, 0.717) is 22.8 Å². The summed E-state index contributed by atoms with van der Waals surface area (Å²) in [6.07, 6.45) is 4.72. The standard InChI is InChI=1S/C21H18O4/c1-23-20-7-3-6-18(21(20)24-2)15-8-10-16(11-9-15)19(22)13-12-17-5-4-14-25-17/h3-14H,1-2H3/b13-12+. The number of rotatable bonds is 6. The van der Waals surface area contributed by atoms with Crippen LogP contribution in [0.25, 0.3) is 17.2 Å². The molecule has 0 aliphatic carbocycles. The van der Waals surface area contributed by atoms with Crippen molar-refractivity contribution in [2.75, 3.05) is 14.2 Å². The first kappa shape index (κ1) is 16.6. The average molecular weight is 334 g/mol. The summed E-state index contributed by atoms with van der Waals surface area (Å²) in [5.74, 6) is 1.90. The fourth-order valence-corrected chi connectivity index (χ4v) is 2.57. The monoisotopic (exact) mass is 334 g/mol. The largest absolute Gasteiger partial charge is 0.493 e. The summed E-state index contributed by atoms with van der Waals surface area (Å²) in [6, 6.07) is 16.7. The maximum atomic E-state index is 12.2. The number of ether oxygens (including phenoxy) is 2. The molecule has 0 radical (unpaired) electrons. The molecule has 25 heavy (non-hydrogen) atoms. The van der Waals surface area contributed by atoms with Gasteiger partial charge in [0.2, 0.25) is 0 Å². The van der Waals surface area contributed by atoms with Crippen LogP contribution in [0, 0.1) is 0 Å². The lowest BCUT2D eigenvalue weighted by Gasteiger charge is -2.12. The van der Waals surface area contributed by atoms with E-state index in [1.54, 1.807) is 50.8 Å². The van der Waals surface area contributed by atoms with Crippen molar-refractivity contribution in [1.82, 2.24) is 0 Å². The second-order valence-corrected chi connectivity index (χ2v) is 5.33. The van der Waals surface area contributed by atoms with E-state index in [1.165, 1.54) is 6.08 Å². The van der Waals surface area contributed by atoms with Crippen molar-refractivity contribution in [2.45, 2.75) is 0 Å². The van der Waals surface area contributed by atoms with Crippen LogP contribution in [0.4, 0.5) is 0 Å². The van der Waals surface area contributed by atoms with Gasteiger partial charge in [-0.25, -0.2) is 0 Å². The lowest BCUT2D eigenvalue weighted by atomic mass is 10.0. The highest BCUT2D eigenvalue weighted by molar-refractivity contribution is 6.06. The van der Waals surface area contributed by atoms with Crippen LogP contribution < -0.4 is 9.47 Å². The molecule has 0 N–H and O–H groups in total. The number of hydrogen-bond donors (Lipinski definition) is 0. The quantitative estimate of drug-likeness (QED) is 0.477. The van der Waals surface area contributed by atoms with E-state index in [2.05, 4.69) is 0 Å².